The van der Waals surface area contributed by atoms with Gasteiger partial charge in [-0.2, -0.15) is 0 Å². The highest BCUT2D eigenvalue weighted by Gasteiger charge is 2.33. The highest BCUT2D eigenvalue weighted by atomic mass is 16.5. The molecule has 1 atom stereocenters. The van der Waals surface area contributed by atoms with E-state index in [0.29, 0.717) is 26.3 Å². The van der Waals surface area contributed by atoms with Gasteiger partial charge in [0.05, 0.1) is 13.2 Å². The number of hydrogen-bond acceptors (Lipinski definition) is 3. The normalized spacial score (nSPS) is 25.8. The van der Waals surface area contributed by atoms with Crippen LogP contribution in [0.25, 0.3) is 0 Å². The van der Waals surface area contributed by atoms with Gasteiger partial charge in [0.1, 0.15) is 6.04 Å². The zero-order valence-corrected chi connectivity index (χ0v) is 10.4. The largest absolute Gasteiger partial charge is 0.378 e. The summed E-state index contributed by atoms with van der Waals surface area (Å²) in [6, 6.07) is -0.237. The molecule has 5 nitrogen and oxygen atoms in total. The Bertz CT molecular complexity index is 300. The summed E-state index contributed by atoms with van der Waals surface area (Å²) in [5.41, 5.74) is 0. The molecule has 0 aromatic rings. The van der Waals surface area contributed by atoms with Gasteiger partial charge in [-0.3, -0.25) is 9.59 Å². The lowest BCUT2D eigenvalue weighted by molar-refractivity contribution is -0.149. The third kappa shape index (κ3) is 2.77. The molecule has 0 aromatic heterocycles. The smallest absolute Gasteiger partial charge is 0.245 e. The third-order valence-electron chi connectivity index (χ3n) is 3.52. The Morgan fingerprint density at radius 3 is 2.47 bits per heavy atom. The predicted octanol–water partition coefficient (Wildman–Crippen LogP) is 0.246. The van der Waals surface area contributed by atoms with Crippen molar-refractivity contribution < 1.29 is 14.3 Å². The molecule has 5 heteroatoms. The molecule has 2 saturated heterocycles. The molecule has 0 N–H and O–H groups in total. The Balaban J connectivity index is 2.02. The zero-order chi connectivity index (χ0) is 12.3. The van der Waals surface area contributed by atoms with Gasteiger partial charge in [-0.15, -0.1) is 0 Å². The van der Waals surface area contributed by atoms with Crippen molar-refractivity contribution in [2.24, 2.45) is 0 Å². The monoisotopic (exact) mass is 240 g/mol. The van der Waals surface area contributed by atoms with Crippen LogP contribution in [0.3, 0.4) is 0 Å². The van der Waals surface area contributed by atoms with Crippen molar-refractivity contribution in [3.63, 3.8) is 0 Å². The predicted molar refractivity (Wildman–Crippen MR) is 62.4 cm³/mol. The number of ether oxygens (including phenoxy) is 1. The van der Waals surface area contributed by atoms with Crippen molar-refractivity contribution in [1.29, 1.82) is 0 Å². The minimum Gasteiger partial charge on any atom is -0.378 e. The number of piperidine rings is 1. The highest BCUT2D eigenvalue weighted by Crippen LogP contribution is 2.19. The fourth-order valence-electron chi connectivity index (χ4n) is 2.56. The van der Waals surface area contributed by atoms with Crippen molar-refractivity contribution in [2.75, 3.05) is 32.8 Å². The topological polar surface area (TPSA) is 49.9 Å². The van der Waals surface area contributed by atoms with E-state index in [9.17, 15) is 9.59 Å². The van der Waals surface area contributed by atoms with Crippen LogP contribution in [0.5, 0.6) is 0 Å². The van der Waals surface area contributed by atoms with Crippen LogP contribution in [0, 0.1) is 0 Å². The van der Waals surface area contributed by atoms with Crippen LogP contribution in [0.1, 0.15) is 26.2 Å². The second-order valence-corrected chi connectivity index (χ2v) is 4.66. The summed E-state index contributed by atoms with van der Waals surface area (Å²) in [7, 11) is 0. The number of likely N-dealkylation sites (tertiary alicyclic amines) is 1. The molecule has 2 rings (SSSR count). The van der Waals surface area contributed by atoms with Gasteiger partial charge in [-0.1, -0.05) is 0 Å². The minimum atomic E-state index is -0.237. The molecule has 0 bridgehead atoms. The molecule has 2 heterocycles. The summed E-state index contributed by atoms with van der Waals surface area (Å²) in [4.78, 5) is 27.4. The van der Waals surface area contributed by atoms with Crippen molar-refractivity contribution in [2.45, 2.75) is 32.2 Å². The Labute approximate surface area is 102 Å². The van der Waals surface area contributed by atoms with Crippen LogP contribution < -0.4 is 0 Å². The molecule has 0 aliphatic carbocycles. The summed E-state index contributed by atoms with van der Waals surface area (Å²) >= 11 is 0. The molecule has 17 heavy (non-hydrogen) atoms. The Morgan fingerprint density at radius 2 is 1.82 bits per heavy atom. The summed E-state index contributed by atoms with van der Waals surface area (Å²) < 4.78 is 5.24. The summed E-state index contributed by atoms with van der Waals surface area (Å²) in [5.74, 6) is 0.111. The summed E-state index contributed by atoms with van der Waals surface area (Å²) in [6.45, 7) is 4.79. The van der Waals surface area contributed by atoms with Crippen molar-refractivity contribution in [3.8, 4) is 0 Å². The van der Waals surface area contributed by atoms with E-state index in [1.54, 1.807) is 11.8 Å². The fraction of sp³-hybridized carbons (Fsp3) is 0.833. The lowest BCUT2D eigenvalue weighted by Gasteiger charge is -2.38. The number of amides is 2. The first-order valence-corrected chi connectivity index (χ1v) is 6.34. The fourth-order valence-corrected chi connectivity index (χ4v) is 2.56. The van der Waals surface area contributed by atoms with Gasteiger partial charge >= 0.3 is 0 Å². The maximum atomic E-state index is 12.3. The summed E-state index contributed by atoms with van der Waals surface area (Å²) in [6.07, 6.45) is 2.84. The van der Waals surface area contributed by atoms with Gasteiger partial charge in [0.25, 0.3) is 0 Å². The standard InChI is InChI=1S/C12H20N2O3/c1-10(15)14-5-3-2-4-11(14)12(16)13-6-8-17-9-7-13/h11H,2-9H2,1H3. The van der Waals surface area contributed by atoms with E-state index in [2.05, 4.69) is 0 Å². The first kappa shape index (κ1) is 12.4. The lowest BCUT2D eigenvalue weighted by Crippen LogP contribution is -2.54. The third-order valence-corrected chi connectivity index (χ3v) is 3.52. The van der Waals surface area contributed by atoms with Crippen LogP contribution in [0.2, 0.25) is 0 Å². The molecule has 1 unspecified atom stereocenters. The van der Waals surface area contributed by atoms with Gasteiger partial charge in [0, 0.05) is 26.6 Å². The van der Waals surface area contributed by atoms with Crippen molar-refractivity contribution in [3.05, 3.63) is 0 Å². The molecule has 96 valence electrons. The molecular formula is C12H20N2O3. The van der Waals surface area contributed by atoms with Crippen molar-refractivity contribution >= 4 is 11.8 Å². The molecule has 0 radical (unpaired) electrons. The zero-order valence-electron chi connectivity index (χ0n) is 10.4. The average molecular weight is 240 g/mol. The molecule has 0 saturated carbocycles. The number of rotatable bonds is 1. The second kappa shape index (κ2) is 5.49. The quantitative estimate of drug-likeness (QED) is 0.660. The van der Waals surface area contributed by atoms with Gasteiger partial charge in [0.15, 0.2) is 0 Å². The van der Waals surface area contributed by atoms with E-state index < -0.39 is 0 Å². The van der Waals surface area contributed by atoms with Gasteiger partial charge in [-0.05, 0) is 19.3 Å². The van der Waals surface area contributed by atoms with Crippen LogP contribution in [-0.4, -0.2) is 60.5 Å². The Hall–Kier alpha value is -1.10. The Kier molecular flexibility index (Phi) is 3.99. The van der Waals surface area contributed by atoms with Crippen LogP contribution >= 0.6 is 0 Å². The van der Waals surface area contributed by atoms with Gasteiger partial charge < -0.3 is 14.5 Å². The van der Waals surface area contributed by atoms with E-state index >= 15 is 0 Å². The SMILES string of the molecule is CC(=O)N1CCCCC1C(=O)N1CCOCC1. The molecular weight excluding hydrogens is 220 g/mol. The first-order valence-electron chi connectivity index (χ1n) is 6.34. The minimum absolute atomic E-state index is 0.0105. The number of carbonyl (C=O) groups is 2. The number of morpholine rings is 1. The molecule has 2 aliphatic rings. The van der Waals surface area contributed by atoms with E-state index in [1.807, 2.05) is 4.90 Å². The van der Waals surface area contributed by atoms with Crippen LogP contribution in [0.15, 0.2) is 0 Å². The maximum Gasteiger partial charge on any atom is 0.245 e. The molecule has 2 fully saturated rings. The molecule has 0 spiro atoms. The second-order valence-electron chi connectivity index (χ2n) is 4.66. The average Bonchev–Trinajstić information content (AvgIpc) is 2.39. The number of hydrogen-bond donors (Lipinski definition) is 0. The van der Waals surface area contributed by atoms with E-state index in [4.69, 9.17) is 4.74 Å². The Morgan fingerprint density at radius 1 is 1.12 bits per heavy atom. The molecule has 2 amide bonds. The number of nitrogens with zero attached hydrogens (tertiary/aromatic N) is 2. The van der Waals surface area contributed by atoms with E-state index in [1.165, 1.54) is 0 Å². The lowest BCUT2D eigenvalue weighted by atomic mass is 10.0. The number of carbonyl (C=O) groups excluding carboxylic acids is 2. The van der Waals surface area contributed by atoms with Crippen molar-refractivity contribution in [1.82, 2.24) is 9.80 Å². The van der Waals surface area contributed by atoms with Crippen LogP contribution in [-0.2, 0) is 14.3 Å². The first-order chi connectivity index (χ1) is 8.20. The summed E-state index contributed by atoms with van der Waals surface area (Å²) in [5, 5.41) is 0. The molecule has 0 aromatic carbocycles. The van der Waals surface area contributed by atoms with E-state index in [-0.39, 0.29) is 17.9 Å². The van der Waals surface area contributed by atoms with Gasteiger partial charge in [0.2, 0.25) is 11.8 Å². The van der Waals surface area contributed by atoms with E-state index in [0.717, 1.165) is 25.8 Å². The maximum absolute atomic E-state index is 12.3. The highest BCUT2D eigenvalue weighted by molar-refractivity contribution is 5.87. The van der Waals surface area contributed by atoms with Gasteiger partial charge in [-0.25, -0.2) is 0 Å². The van der Waals surface area contributed by atoms with Crippen LogP contribution in [0.4, 0.5) is 0 Å². The molecule has 2 aliphatic heterocycles.